The molecule has 0 saturated heterocycles. The Hall–Kier alpha value is -1.10. The molecule has 2 rings (SSSR count). The van der Waals surface area contributed by atoms with Gasteiger partial charge in [-0.3, -0.25) is 4.79 Å². The highest BCUT2D eigenvalue weighted by atomic mass is 35.5. The van der Waals surface area contributed by atoms with Crippen molar-refractivity contribution in [3.05, 3.63) is 65.2 Å². The fourth-order valence-corrected chi connectivity index (χ4v) is 3.67. The second kappa shape index (κ2) is 9.82. The van der Waals surface area contributed by atoms with Crippen LogP contribution < -0.4 is 5.32 Å². The van der Waals surface area contributed by atoms with Gasteiger partial charge >= 0.3 is 0 Å². The van der Waals surface area contributed by atoms with Crippen LogP contribution in [0.5, 0.6) is 0 Å². The van der Waals surface area contributed by atoms with Crippen molar-refractivity contribution < 1.29 is 4.79 Å². The van der Waals surface area contributed by atoms with Gasteiger partial charge in [-0.05, 0) is 17.7 Å². The smallest absolute Gasteiger partial charge is 0.230 e. The van der Waals surface area contributed by atoms with Gasteiger partial charge in [0.25, 0.3) is 0 Å². The number of thioether (sulfide) groups is 2. The van der Waals surface area contributed by atoms with Crippen LogP contribution >= 0.6 is 35.1 Å². The maximum absolute atomic E-state index is 11.8. The van der Waals surface area contributed by atoms with E-state index in [1.165, 1.54) is 17.3 Å². The Bertz CT molecular complexity index is 592. The Morgan fingerprint density at radius 1 is 1.05 bits per heavy atom. The van der Waals surface area contributed by atoms with Crippen molar-refractivity contribution in [1.82, 2.24) is 5.32 Å². The lowest BCUT2D eigenvalue weighted by Crippen LogP contribution is -2.27. The van der Waals surface area contributed by atoms with Gasteiger partial charge < -0.3 is 5.32 Å². The largest absolute Gasteiger partial charge is 0.355 e. The summed E-state index contributed by atoms with van der Waals surface area (Å²) in [7, 11) is 0. The number of rotatable bonds is 8. The molecule has 0 unspecified atom stereocenters. The second-order valence-corrected chi connectivity index (χ2v) is 7.14. The van der Waals surface area contributed by atoms with E-state index in [0.717, 1.165) is 16.4 Å². The summed E-state index contributed by atoms with van der Waals surface area (Å²) in [5.41, 5.74) is 1.31. The van der Waals surface area contributed by atoms with Crippen LogP contribution in [0.1, 0.15) is 5.56 Å². The van der Waals surface area contributed by atoms with Gasteiger partial charge in [-0.15, -0.1) is 11.8 Å². The molecule has 0 aromatic heterocycles. The minimum atomic E-state index is 0.0465. The molecule has 0 fully saturated rings. The minimum Gasteiger partial charge on any atom is -0.355 e. The Morgan fingerprint density at radius 2 is 1.77 bits per heavy atom. The summed E-state index contributed by atoms with van der Waals surface area (Å²) in [6, 6.07) is 17.9. The molecule has 1 amide bonds. The highest BCUT2D eigenvalue weighted by molar-refractivity contribution is 8.00. The van der Waals surface area contributed by atoms with Gasteiger partial charge in [0.2, 0.25) is 5.91 Å². The molecule has 0 spiro atoms. The first-order valence-electron chi connectivity index (χ1n) is 7.01. The van der Waals surface area contributed by atoms with E-state index >= 15 is 0 Å². The van der Waals surface area contributed by atoms with Crippen molar-refractivity contribution in [1.29, 1.82) is 0 Å². The van der Waals surface area contributed by atoms with Gasteiger partial charge in [0.15, 0.2) is 0 Å². The monoisotopic (exact) mass is 351 g/mol. The van der Waals surface area contributed by atoms with Gasteiger partial charge in [0, 0.05) is 22.9 Å². The maximum atomic E-state index is 11.8. The number of benzene rings is 2. The van der Waals surface area contributed by atoms with E-state index in [4.69, 9.17) is 11.6 Å². The highest BCUT2D eigenvalue weighted by Crippen LogP contribution is 2.26. The van der Waals surface area contributed by atoms with E-state index in [2.05, 4.69) is 17.4 Å². The van der Waals surface area contributed by atoms with Crippen LogP contribution in [0.15, 0.2) is 59.5 Å². The molecule has 0 heterocycles. The number of amides is 1. The third kappa shape index (κ3) is 6.34. The van der Waals surface area contributed by atoms with Crippen LogP contribution in [0.4, 0.5) is 0 Å². The Labute approximate surface area is 145 Å². The van der Waals surface area contributed by atoms with Gasteiger partial charge in [-0.1, -0.05) is 54.1 Å². The molecular weight excluding hydrogens is 334 g/mol. The van der Waals surface area contributed by atoms with E-state index in [-0.39, 0.29) is 5.91 Å². The summed E-state index contributed by atoms with van der Waals surface area (Å²) < 4.78 is 0. The molecule has 0 aliphatic rings. The fraction of sp³-hybridized carbons (Fsp3) is 0.235. The quantitative estimate of drug-likeness (QED) is 0.561. The van der Waals surface area contributed by atoms with Crippen molar-refractivity contribution in [3.8, 4) is 0 Å². The van der Waals surface area contributed by atoms with E-state index < -0.39 is 0 Å². The second-order valence-electron chi connectivity index (χ2n) is 4.61. The van der Waals surface area contributed by atoms with Crippen molar-refractivity contribution >= 4 is 41.0 Å². The lowest BCUT2D eigenvalue weighted by molar-refractivity contribution is -0.118. The van der Waals surface area contributed by atoms with Crippen molar-refractivity contribution in [2.75, 3.05) is 18.1 Å². The number of nitrogens with one attached hydrogen (secondary N) is 1. The first kappa shape index (κ1) is 17.3. The molecular formula is C17H18ClNOS2. The summed E-state index contributed by atoms with van der Waals surface area (Å²) in [6.07, 6.45) is 0. The Balaban J connectivity index is 1.57. The molecule has 0 atom stereocenters. The van der Waals surface area contributed by atoms with Crippen molar-refractivity contribution in [2.45, 2.75) is 10.6 Å². The molecule has 0 aliphatic heterocycles. The lowest BCUT2D eigenvalue weighted by Gasteiger charge is -2.06. The van der Waals surface area contributed by atoms with E-state index in [9.17, 15) is 4.79 Å². The van der Waals surface area contributed by atoms with Gasteiger partial charge in [0.05, 0.1) is 10.8 Å². The number of halogens is 1. The first-order chi connectivity index (χ1) is 10.8. The summed E-state index contributed by atoms with van der Waals surface area (Å²) in [5, 5.41) is 3.63. The minimum absolute atomic E-state index is 0.0465. The number of carbonyl (C=O) groups excluding carboxylic acids is 1. The van der Waals surface area contributed by atoms with Crippen molar-refractivity contribution in [3.63, 3.8) is 0 Å². The average molecular weight is 352 g/mol. The molecule has 1 N–H and O–H groups in total. The lowest BCUT2D eigenvalue weighted by atomic mass is 10.2. The van der Waals surface area contributed by atoms with E-state index in [0.29, 0.717) is 17.3 Å². The van der Waals surface area contributed by atoms with Crippen LogP contribution in [0.3, 0.4) is 0 Å². The van der Waals surface area contributed by atoms with Crippen LogP contribution in [-0.2, 0) is 10.5 Å². The summed E-state index contributed by atoms with van der Waals surface area (Å²) in [4.78, 5) is 12.7. The number of hydrogen-bond donors (Lipinski definition) is 1. The van der Waals surface area contributed by atoms with Crippen molar-refractivity contribution in [2.24, 2.45) is 0 Å². The zero-order chi connectivity index (χ0) is 15.6. The maximum Gasteiger partial charge on any atom is 0.230 e. The van der Waals surface area contributed by atoms with Crippen LogP contribution in [0.2, 0.25) is 5.02 Å². The fourth-order valence-electron chi connectivity index (χ4n) is 1.78. The van der Waals surface area contributed by atoms with Gasteiger partial charge in [0.1, 0.15) is 0 Å². The summed E-state index contributed by atoms with van der Waals surface area (Å²) in [6.45, 7) is 0.694. The molecule has 0 aliphatic carbocycles. The molecule has 116 valence electrons. The molecule has 0 bridgehead atoms. The predicted molar refractivity (Wildman–Crippen MR) is 97.8 cm³/mol. The summed E-state index contributed by atoms with van der Waals surface area (Å²) in [5.74, 6) is 2.33. The normalized spacial score (nSPS) is 10.4. The molecule has 2 aromatic carbocycles. The molecule has 2 aromatic rings. The topological polar surface area (TPSA) is 29.1 Å². The third-order valence-electron chi connectivity index (χ3n) is 2.88. The molecule has 5 heteroatoms. The molecule has 0 radical (unpaired) electrons. The summed E-state index contributed by atoms with van der Waals surface area (Å²) >= 11 is 9.34. The average Bonchev–Trinajstić information content (AvgIpc) is 2.55. The third-order valence-corrected chi connectivity index (χ3v) is 5.42. The zero-order valence-corrected chi connectivity index (χ0v) is 14.5. The van der Waals surface area contributed by atoms with Crippen LogP contribution in [0.25, 0.3) is 0 Å². The molecule has 0 saturated carbocycles. The number of carbonyl (C=O) groups is 1. The van der Waals surface area contributed by atoms with Gasteiger partial charge in [-0.2, -0.15) is 11.8 Å². The highest BCUT2D eigenvalue weighted by Gasteiger charge is 2.04. The van der Waals surface area contributed by atoms with E-state index in [1.807, 2.05) is 54.2 Å². The van der Waals surface area contributed by atoms with E-state index in [1.54, 1.807) is 0 Å². The van der Waals surface area contributed by atoms with Gasteiger partial charge in [-0.25, -0.2) is 0 Å². The Kier molecular flexibility index (Phi) is 7.71. The number of hydrogen-bond acceptors (Lipinski definition) is 3. The molecule has 22 heavy (non-hydrogen) atoms. The zero-order valence-electron chi connectivity index (χ0n) is 12.1. The SMILES string of the molecule is O=C(CSc1ccccc1Cl)NCCSCc1ccccc1. The van der Waals surface area contributed by atoms with Crippen LogP contribution in [-0.4, -0.2) is 24.0 Å². The Morgan fingerprint density at radius 3 is 2.55 bits per heavy atom. The first-order valence-corrected chi connectivity index (χ1v) is 9.53. The predicted octanol–water partition coefficient (Wildman–Crippen LogP) is 4.48. The molecule has 2 nitrogen and oxygen atoms in total. The van der Waals surface area contributed by atoms with Crippen LogP contribution in [0, 0.1) is 0 Å². The standard InChI is InChI=1S/C17H18ClNOS2/c18-15-8-4-5-9-16(15)22-13-17(20)19-10-11-21-12-14-6-2-1-3-7-14/h1-9H,10-13H2,(H,19,20).